The Morgan fingerprint density at radius 1 is 1.29 bits per heavy atom. The first kappa shape index (κ1) is 17.0. The molecule has 0 spiro atoms. The minimum atomic E-state index is -3.49. The molecule has 2 aromatic rings. The van der Waals surface area contributed by atoms with Gasteiger partial charge < -0.3 is 9.52 Å². The fourth-order valence-corrected chi connectivity index (χ4v) is 5.92. The predicted molar refractivity (Wildman–Crippen MR) is 91.5 cm³/mol. The number of carbonyl (C=O) groups is 1. The van der Waals surface area contributed by atoms with E-state index in [1.165, 1.54) is 23.5 Å². The van der Waals surface area contributed by atoms with Crippen LogP contribution in [-0.2, 0) is 10.0 Å². The van der Waals surface area contributed by atoms with Crippen molar-refractivity contribution >= 4 is 42.6 Å². The highest BCUT2D eigenvalue weighted by Gasteiger charge is 2.32. The lowest BCUT2D eigenvalue weighted by Crippen LogP contribution is -2.36. The lowest BCUT2D eigenvalue weighted by Gasteiger charge is -2.27. The van der Waals surface area contributed by atoms with Crippen LogP contribution in [0.15, 0.2) is 21.3 Å². The maximum Gasteiger partial charge on any atom is 0.351 e. The van der Waals surface area contributed by atoms with Gasteiger partial charge in [0.15, 0.2) is 5.58 Å². The molecule has 0 aromatic carbocycles. The van der Waals surface area contributed by atoms with Gasteiger partial charge in [-0.1, -0.05) is 19.3 Å². The third-order valence-corrected chi connectivity index (χ3v) is 7.84. The molecule has 7 nitrogen and oxygen atoms in total. The minimum Gasteiger partial charge on any atom is -0.477 e. The molecule has 2 aromatic heterocycles. The molecule has 1 aliphatic carbocycles. The van der Waals surface area contributed by atoms with Gasteiger partial charge in [-0.2, -0.15) is 0 Å². The number of anilines is 1. The second kappa shape index (κ2) is 6.21. The highest BCUT2D eigenvalue weighted by molar-refractivity contribution is 7.93. The van der Waals surface area contributed by atoms with Crippen molar-refractivity contribution in [3.05, 3.63) is 28.1 Å². The van der Waals surface area contributed by atoms with E-state index >= 15 is 0 Å². The molecule has 0 aliphatic heterocycles. The average molecular weight is 371 g/mol. The lowest BCUT2D eigenvalue weighted by molar-refractivity contribution is 0.0692. The first-order valence-electron chi connectivity index (χ1n) is 7.59. The van der Waals surface area contributed by atoms with Gasteiger partial charge in [0.25, 0.3) is 0 Å². The Morgan fingerprint density at radius 2 is 1.96 bits per heavy atom. The molecule has 0 amide bonds. The summed E-state index contributed by atoms with van der Waals surface area (Å²) in [6, 6.07) is 2.69. The number of thiophene rings is 1. The highest BCUT2D eigenvalue weighted by atomic mass is 32.2. The van der Waals surface area contributed by atoms with Crippen LogP contribution in [0.25, 0.3) is 10.3 Å². The molecule has 2 heterocycles. The highest BCUT2D eigenvalue weighted by Crippen LogP contribution is 2.35. The SMILES string of the molecule is CN(c1cc2oc(=O)c(C(=O)O)cc2s1)S(=O)(=O)C1CCCCC1. The third kappa shape index (κ3) is 2.93. The first-order chi connectivity index (χ1) is 11.3. The van der Waals surface area contributed by atoms with E-state index in [1.807, 2.05) is 0 Å². The molecular weight excluding hydrogens is 354 g/mol. The van der Waals surface area contributed by atoms with Gasteiger partial charge in [-0.15, -0.1) is 11.3 Å². The largest absolute Gasteiger partial charge is 0.477 e. The second-order valence-corrected chi connectivity index (χ2v) is 9.14. The number of carboxylic acid groups (broad SMARTS) is 1. The maximum absolute atomic E-state index is 12.8. The molecule has 130 valence electrons. The molecule has 0 unspecified atom stereocenters. The molecule has 9 heteroatoms. The quantitative estimate of drug-likeness (QED) is 0.886. The van der Waals surface area contributed by atoms with E-state index in [9.17, 15) is 18.0 Å². The standard InChI is InChI=1S/C15H17NO6S2/c1-16(24(20,21)9-5-3-2-4-6-9)13-8-11-12(23-13)7-10(14(17)18)15(19)22-11/h7-9H,2-6H2,1H3,(H,17,18). The van der Waals surface area contributed by atoms with Crippen molar-refractivity contribution in [3.63, 3.8) is 0 Å². The molecule has 0 bridgehead atoms. The third-order valence-electron chi connectivity index (χ3n) is 4.31. The average Bonchev–Trinajstić information content (AvgIpc) is 2.96. The molecule has 24 heavy (non-hydrogen) atoms. The zero-order valence-electron chi connectivity index (χ0n) is 13.0. The topological polar surface area (TPSA) is 105 Å². The van der Waals surface area contributed by atoms with Crippen molar-refractivity contribution < 1.29 is 22.7 Å². The van der Waals surface area contributed by atoms with Gasteiger partial charge in [0.2, 0.25) is 10.0 Å². The van der Waals surface area contributed by atoms with E-state index in [4.69, 9.17) is 9.52 Å². The van der Waals surface area contributed by atoms with Crippen molar-refractivity contribution in [1.29, 1.82) is 0 Å². The Kier molecular flexibility index (Phi) is 4.39. The number of hydrogen-bond donors (Lipinski definition) is 1. The van der Waals surface area contributed by atoms with Crippen LogP contribution >= 0.6 is 11.3 Å². The fraction of sp³-hybridized carbons (Fsp3) is 0.467. The molecule has 1 saturated carbocycles. The molecule has 3 rings (SSSR count). The zero-order valence-corrected chi connectivity index (χ0v) is 14.7. The number of rotatable bonds is 4. The fourth-order valence-electron chi connectivity index (χ4n) is 2.92. The summed E-state index contributed by atoms with van der Waals surface area (Å²) in [7, 11) is -2.01. The van der Waals surface area contributed by atoms with Crippen molar-refractivity contribution in [3.8, 4) is 0 Å². The summed E-state index contributed by atoms with van der Waals surface area (Å²) >= 11 is 1.09. The van der Waals surface area contributed by atoms with Gasteiger partial charge in [0, 0.05) is 13.1 Å². The number of aromatic carboxylic acids is 1. The Bertz CT molecular complexity index is 937. The van der Waals surface area contributed by atoms with Gasteiger partial charge in [0.05, 0.1) is 9.95 Å². The van der Waals surface area contributed by atoms with Gasteiger partial charge in [-0.05, 0) is 18.9 Å². The van der Waals surface area contributed by atoms with Crippen LogP contribution in [0.2, 0.25) is 0 Å². The Labute approximate surface area is 142 Å². The molecule has 0 radical (unpaired) electrons. The van der Waals surface area contributed by atoms with E-state index in [0.717, 1.165) is 30.6 Å². The van der Waals surface area contributed by atoms with E-state index in [-0.39, 0.29) is 5.58 Å². The van der Waals surface area contributed by atoms with E-state index in [0.29, 0.717) is 22.5 Å². The van der Waals surface area contributed by atoms with Crippen molar-refractivity contribution in [2.75, 3.05) is 11.4 Å². The van der Waals surface area contributed by atoms with Crippen molar-refractivity contribution in [1.82, 2.24) is 0 Å². The molecule has 1 aliphatic rings. The Morgan fingerprint density at radius 3 is 2.58 bits per heavy atom. The maximum atomic E-state index is 12.8. The summed E-state index contributed by atoms with van der Waals surface area (Å²) < 4.78 is 32.1. The summed E-state index contributed by atoms with van der Waals surface area (Å²) in [6.07, 6.45) is 4.16. The number of carboxylic acids is 1. The zero-order chi connectivity index (χ0) is 17.5. The first-order valence-corrected chi connectivity index (χ1v) is 9.91. The van der Waals surface area contributed by atoms with Crippen molar-refractivity contribution in [2.45, 2.75) is 37.4 Å². The molecule has 0 saturated heterocycles. The summed E-state index contributed by atoms with van der Waals surface area (Å²) in [4.78, 5) is 22.6. The van der Waals surface area contributed by atoms with Crippen LogP contribution in [0.5, 0.6) is 0 Å². The second-order valence-electron chi connectivity index (χ2n) is 5.84. The van der Waals surface area contributed by atoms with Crippen LogP contribution in [0, 0.1) is 0 Å². The van der Waals surface area contributed by atoms with Crippen LogP contribution in [-0.4, -0.2) is 31.8 Å². The molecule has 1 N–H and O–H groups in total. The van der Waals surface area contributed by atoms with Crippen molar-refractivity contribution in [2.24, 2.45) is 0 Å². The minimum absolute atomic E-state index is 0.190. The van der Waals surface area contributed by atoms with E-state index in [1.54, 1.807) is 0 Å². The molecule has 1 fully saturated rings. The monoisotopic (exact) mass is 371 g/mol. The van der Waals surface area contributed by atoms with Gasteiger partial charge >= 0.3 is 11.6 Å². The van der Waals surface area contributed by atoms with E-state index < -0.39 is 32.4 Å². The Balaban J connectivity index is 1.99. The van der Waals surface area contributed by atoms with Gasteiger partial charge in [0.1, 0.15) is 10.6 Å². The van der Waals surface area contributed by atoms with Crippen LogP contribution < -0.4 is 9.93 Å². The van der Waals surface area contributed by atoms with Crippen LogP contribution in [0.1, 0.15) is 42.5 Å². The number of nitrogens with zero attached hydrogens (tertiary/aromatic N) is 1. The summed E-state index contributed by atoms with van der Waals surface area (Å²) in [6.45, 7) is 0. The summed E-state index contributed by atoms with van der Waals surface area (Å²) in [5.41, 5.74) is -1.22. The smallest absolute Gasteiger partial charge is 0.351 e. The van der Waals surface area contributed by atoms with Crippen LogP contribution in [0.3, 0.4) is 0 Å². The summed E-state index contributed by atoms with van der Waals surface area (Å²) in [5, 5.41) is 8.98. The number of fused-ring (bicyclic) bond motifs is 1. The van der Waals surface area contributed by atoms with Gasteiger partial charge in [-0.25, -0.2) is 18.0 Å². The Hall–Kier alpha value is -1.87. The van der Waals surface area contributed by atoms with Gasteiger partial charge in [-0.3, -0.25) is 4.31 Å². The predicted octanol–water partition coefficient (Wildman–Crippen LogP) is 2.65. The van der Waals surface area contributed by atoms with E-state index in [2.05, 4.69) is 0 Å². The normalized spacial score (nSPS) is 16.4. The molecule has 0 atom stereocenters. The molecular formula is C15H17NO6S2. The number of hydrogen-bond acceptors (Lipinski definition) is 6. The number of sulfonamides is 1. The lowest BCUT2D eigenvalue weighted by atomic mass is 10.0. The summed E-state index contributed by atoms with van der Waals surface area (Å²) in [5.74, 6) is -1.37. The van der Waals surface area contributed by atoms with Crippen LogP contribution in [0.4, 0.5) is 5.00 Å².